The second-order valence-electron chi connectivity index (χ2n) is 5.67. The number of carbonyl (C=O) groups excluding carboxylic acids is 1. The second-order valence-corrected chi connectivity index (χ2v) is 5.67. The van der Waals surface area contributed by atoms with E-state index >= 15 is 0 Å². The number of nitrogens with zero attached hydrogens (tertiary/aromatic N) is 2. The number of likely N-dealkylation sites (N-methyl/N-ethyl adjacent to an activating group) is 1. The Labute approximate surface area is 116 Å². The van der Waals surface area contributed by atoms with Crippen LogP contribution in [-0.2, 0) is 4.79 Å². The summed E-state index contributed by atoms with van der Waals surface area (Å²) in [6, 6.07) is 0.488. The fraction of sp³-hybridized carbons (Fsp3) is 0.800. The molecule has 0 heterocycles. The molecule has 0 aromatic heterocycles. The van der Waals surface area contributed by atoms with E-state index in [-0.39, 0.29) is 12.5 Å². The molecule has 0 aromatic carbocycles. The number of amides is 1. The molecule has 0 bridgehead atoms. The summed E-state index contributed by atoms with van der Waals surface area (Å²) >= 11 is 0. The van der Waals surface area contributed by atoms with Crippen LogP contribution in [0.3, 0.4) is 0 Å². The molecule has 0 radical (unpaired) electrons. The van der Waals surface area contributed by atoms with Crippen molar-refractivity contribution in [1.82, 2.24) is 9.80 Å². The second kappa shape index (κ2) is 7.06. The van der Waals surface area contributed by atoms with Crippen LogP contribution >= 0.6 is 0 Å². The Kier molecular flexibility index (Phi) is 5.40. The maximum absolute atomic E-state index is 12.3. The highest BCUT2D eigenvalue weighted by atomic mass is 16.3. The third-order valence-electron chi connectivity index (χ3n) is 4.39. The third kappa shape index (κ3) is 3.80. The molecule has 4 heteroatoms. The highest BCUT2D eigenvalue weighted by Crippen LogP contribution is 2.24. The quantitative estimate of drug-likeness (QED) is 0.796. The van der Waals surface area contributed by atoms with Crippen molar-refractivity contribution < 1.29 is 9.90 Å². The minimum atomic E-state index is 0.135. The zero-order chi connectivity index (χ0) is 13.7. The predicted octanol–water partition coefficient (Wildman–Crippen LogP) is 1.75. The topological polar surface area (TPSA) is 43.8 Å². The van der Waals surface area contributed by atoms with E-state index in [2.05, 4.69) is 11.0 Å². The van der Waals surface area contributed by atoms with E-state index < -0.39 is 0 Å². The number of hydrogen-bond acceptors (Lipinski definition) is 3. The van der Waals surface area contributed by atoms with Gasteiger partial charge < -0.3 is 10.0 Å². The normalized spacial score (nSPS) is 20.1. The summed E-state index contributed by atoms with van der Waals surface area (Å²) in [7, 11) is 1.88. The average molecular weight is 266 g/mol. The molecule has 19 heavy (non-hydrogen) atoms. The fourth-order valence-electron chi connectivity index (χ4n) is 3.19. The van der Waals surface area contributed by atoms with E-state index in [9.17, 15) is 9.90 Å². The number of hydrogen-bond donors (Lipinski definition) is 1. The van der Waals surface area contributed by atoms with Gasteiger partial charge in [-0.2, -0.15) is 0 Å². The first-order chi connectivity index (χ1) is 9.22. The molecule has 0 aromatic rings. The van der Waals surface area contributed by atoms with Gasteiger partial charge in [-0.25, -0.2) is 0 Å². The van der Waals surface area contributed by atoms with E-state index in [0.717, 1.165) is 19.3 Å². The Morgan fingerprint density at radius 1 is 1.37 bits per heavy atom. The number of aliphatic hydroxyl groups excluding tert-OH is 1. The molecule has 0 saturated heterocycles. The monoisotopic (exact) mass is 266 g/mol. The third-order valence-corrected chi connectivity index (χ3v) is 4.39. The molecule has 4 nitrogen and oxygen atoms in total. The molecule has 2 rings (SSSR count). The van der Waals surface area contributed by atoms with Gasteiger partial charge >= 0.3 is 0 Å². The lowest BCUT2D eigenvalue weighted by molar-refractivity contribution is -0.130. The van der Waals surface area contributed by atoms with Crippen molar-refractivity contribution in [2.75, 3.05) is 26.7 Å². The van der Waals surface area contributed by atoms with E-state index in [1.54, 1.807) is 0 Å². The predicted molar refractivity (Wildman–Crippen MR) is 75.6 cm³/mol. The number of aliphatic hydroxyl groups is 1. The first-order valence-corrected chi connectivity index (χ1v) is 7.53. The molecule has 1 fully saturated rings. The Balaban J connectivity index is 1.90. The van der Waals surface area contributed by atoms with Gasteiger partial charge in [0.1, 0.15) is 0 Å². The molecular weight excluding hydrogens is 240 g/mol. The van der Waals surface area contributed by atoms with Crippen LogP contribution in [0.4, 0.5) is 0 Å². The van der Waals surface area contributed by atoms with Crippen LogP contribution in [0.5, 0.6) is 0 Å². The zero-order valence-corrected chi connectivity index (χ0v) is 12.0. The highest BCUT2D eigenvalue weighted by molar-refractivity contribution is 5.79. The van der Waals surface area contributed by atoms with Crippen LogP contribution in [-0.4, -0.2) is 53.6 Å². The summed E-state index contributed by atoms with van der Waals surface area (Å²) in [4.78, 5) is 16.3. The summed E-state index contributed by atoms with van der Waals surface area (Å²) < 4.78 is 0. The standard InChI is InChI=1S/C15H26N2O2/c1-16(13-6-2-3-7-13)15(19)12-17(10-11-18)14-8-4-5-9-14/h6,14,18H,2-5,7-12H2,1H3. The smallest absolute Gasteiger partial charge is 0.240 e. The summed E-state index contributed by atoms with van der Waals surface area (Å²) in [5.41, 5.74) is 1.17. The Hall–Kier alpha value is -0.870. The molecule has 1 saturated carbocycles. The van der Waals surface area contributed by atoms with Crippen molar-refractivity contribution in [1.29, 1.82) is 0 Å². The lowest BCUT2D eigenvalue weighted by atomic mass is 10.2. The molecule has 2 aliphatic rings. The van der Waals surface area contributed by atoms with Crippen LogP contribution in [0.2, 0.25) is 0 Å². The Morgan fingerprint density at radius 3 is 2.68 bits per heavy atom. The van der Waals surface area contributed by atoms with Gasteiger partial charge in [0.2, 0.25) is 5.91 Å². The summed E-state index contributed by atoms with van der Waals surface area (Å²) in [6.45, 7) is 1.19. The summed E-state index contributed by atoms with van der Waals surface area (Å²) in [6.07, 6.45) is 10.3. The molecule has 0 atom stereocenters. The van der Waals surface area contributed by atoms with E-state index in [1.165, 1.54) is 31.4 Å². The highest BCUT2D eigenvalue weighted by Gasteiger charge is 2.26. The van der Waals surface area contributed by atoms with Crippen molar-refractivity contribution in [3.8, 4) is 0 Å². The van der Waals surface area contributed by atoms with Crippen LogP contribution in [0, 0.1) is 0 Å². The van der Waals surface area contributed by atoms with Gasteiger partial charge in [-0.1, -0.05) is 18.9 Å². The van der Waals surface area contributed by atoms with Crippen LogP contribution in [0.15, 0.2) is 11.8 Å². The lowest BCUT2D eigenvalue weighted by Crippen LogP contribution is -2.43. The maximum atomic E-state index is 12.3. The van der Waals surface area contributed by atoms with Gasteiger partial charge in [0.05, 0.1) is 13.2 Å². The first-order valence-electron chi connectivity index (χ1n) is 7.53. The zero-order valence-electron chi connectivity index (χ0n) is 12.0. The van der Waals surface area contributed by atoms with Crippen LogP contribution in [0.25, 0.3) is 0 Å². The first kappa shape index (κ1) is 14.5. The summed E-state index contributed by atoms with van der Waals surface area (Å²) in [5, 5.41) is 9.18. The van der Waals surface area contributed by atoms with Crippen molar-refractivity contribution in [2.45, 2.75) is 51.0 Å². The summed E-state index contributed by atoms with van der Waals surface area (Å²) in [5.74, 6) is 0.161. The van der Waals surface area contributed by atoms with Crippen molar-refractivity contribution in [2.24, 2.45) is 0 Å². The Bertz CT molecular complexity index is 335. The van der Waals surface area contributed by atoms with Crippen LogP contribution < -0.4 is 0 Å². The molecule has 108 valence electrons. The molecule has 1 N–H and O–H groups in total. The van der Waals surface area contributed by atoms with Crippen molar-refractivity contribution >= 4 is 5.91 Å². The van der Waals surface area contributed by atoms with Gasteiger partial charge in [0.15, 0.2) is 0 Å². The number of carbonyl (C=O) groups is 1. The van der Waals surface area contributed by atoms with Gasteiger partial charge in [-0.3, -0.25) is 9.69 Å². The number of allylic oxidation sites excluding steroid dienone is 2. The van der Waals surface area contributed by atoms with Crippen molar-refractivity contribution in [3.05, 3.63) is 11.8 Å². The van der Waals surface area contributed by atoms with Crippen molar-refractivity contribution in [3.63, 3.8) is 0 Å². The minimum absolute atomic E-state index is 0.135. The molecule has 0 unspecified atom stereocenters. The molecule has 2 aliphatic carbocycles. The van der Waals surface area contributed by atoms with Gasteiger partial charge in [0, 0.05) is 25.3 Å². The molecule has 0 spiro atoms. The fourth-order valence-corrected chi connectivity index (χ4v) is 3.19. The molecular formula is C15H26N2O2. The average Bonchev–Trinajstić information content (AvgIpc) is 3.10. The van der Waals surface area contributed by atoms with E-state index in [0.29, 0.717) is 19.1 Å². The van der Waals surface area contributed by atoms with Gasteiger partial charge in [-0.05, 0) is 32.1 Å². The minimum Gasteiger partial charge on any atom is -0.395 e. The Morgan fingerprint density at radius 2 is 2.11 bits per heavy atom. The van der Waals surface area contributed by atoms with Gasteiger partial charge in [0.25, 0.3) is 0 Å². The van der Waals surface area contributed by atoms with Gasteiger partial charge in [-0.15, -0.1) is 0 Å². The van der Waals surface area contributed by atoms with E-state index in [4.69, 9.17) is 0 Å². The van der Waals surface area contributed by atoms with E-state index in [1.807, 2.05) is 11.9 Å². The van der Waals surface area contributed by atoms with Crippen LogP contribution in [0.1, 0.15) is 44.9 Å². The largest absolute Gasteiger partial charge is 0.395 e. The lowest BCUT2D eigenvalue weighted by Gasteiger charge is -2.29. The SMILES string of the molecule is CN(C(=O)CN(CCO)C1CCCC1)C1=CCCC1. The number of rotatable bonds is 6. The maximum Gasteiger partial charge on any atom is 0.240 e. The molecule has 1 amide bonds. The molecule has 0 aliphatic heterocycles.